The molecular formula is C9H11ClN2O3. The SMILES string of the molecule is NC(=O)CC(O)C(O)c1cccnc1Cl. The zero-order valence-electron chi connectivity index (χ0n) is 7.80. The molecule has 2 unspecified atom stereocenters. The molecule has 1 aromatic heterocycles. The van der Waals surface area contributed by atoms with Crippen LogP contribution in [0.2, 0.25) is 5.15 Å². The summed E-state index contributed by atoms with van der Waals surface area (Å²) in [6, 6.07) is 3.09. The number of nitrogens with two attached hydrogens (primary N) is 1. The number of hydrogen-bond donors (Lipinski definition) is 3. The van der Waals surface area contributed by atoms with E-state index in [9.17, 15) is 15.0 Å². The van der Waals surface area contributed by atoms with Gasteiger partial charge in [-0.05, 0) is 6.07 Å². The molecule has 0 saturated carbocycles. The Bertz CT molecular complexity index is 359. The first-order valence-corrected chi connectivity index (χ1v) is 4.65. The summed E-state index contributed by atoms with van der Waals surface area (Å²) in [5, 5.41) is 19.2. The Morgan fingerprint density at radius 2 is 2.27 bits per heavy atom. The van der Waals surface area contributed by atoms with Gasteiger partial charge in [0, 0.05) is 11.8 Å². The molecule has 82 valence electrons. The molecule has 0 spiro atoms. The fourth-order valence-corrected chi connectivity index (χ4v) is 1.38. The Kier molecular flexibility index (Phi) is 4.02. The topological polar surface area (TPSA) is 96.4 Å². The molecule has 0 radical (unpaired) electrons. The van der Waals surface area contributed by atoms with Crippen LogP contribution in [0.4, 0.5) is 0 Å². The van der Waals surface area contributed by atoms with Crippen molar-refractivity contribution in [3.63, 3.8) is 0 Å². The number of nitrogens with zero attached hydrogens (tertiary/aromatic N) is 1. The molecule has 0 aromatic carbocycles. The van der Waals surface area contributed by atoms with E-state index in [1.165, 1.54) is 12.3 Å². The molecule has 1 heterocycles. The zero-order valence-corrected chi connectivity index (χ0v) is 8.55. The Hall–Kier alpha value is -1.17. The van der Waals surface area contributed by atoms with Crippen LogP contribution in [0.1, 0.15) is 18.1 Å². The number of pyridine rings is 1. The summed E-state index contributed by atoms with van der Waals surface area (Å²) in [7, 11) is 0. The van der Waals surface area contributed by atoms with Gasteiger partial charge >= 0.3 is 0 Å². The largest absolute Gasteiger partial charge is 0.390 e. The van der Waals surface area contributed by atoms with Crippen LogP contribution >= 0.6 is 11.6 Å². The zero-order chi connectivity index (χ0) is 11.4. The molecule has 0 saturated heterocycles. The molecule has 0 aliphatic heterocycles. The van der Waals surface area contributed by atoms with Crippen molar-refractivity contribution in [2.24, 2.45) is 5.73 Å². The fraction of sp³-hybridized carbons (Fsp3) is 0.333. The number of carbonyl (C=O) groups excluding carboxylic acids is 1. The number of aliphatic hydroxyl groups excluding tert-OH is 2. The summed E-state index contributed by atoms with van der Waals surface area (Å²) in [5.41, 5.74) is 5.16. The minimum atomic E-state index is -1.27. The molecule has 0 aliphatic rings. The number of carbonyl (C=O) groups is 1. The summed E-state index contributed by atoms with van der Waals surface area (Å²) < 4.78 is 0. The van der Waals surface area contributed by atoms with Crippen LogP contribution in [0.15, 0.2) is 18.3 Å². The van der Waals surface area contributed by atoms with E-state index in [-0.39, 0.29) is 17.1 Å². The van der Waals surface area contributed by atoms with Crippen molar-refractivity contribution in [2.75, 3.05) is 0 Å². The molecule has 1 amide bonds. The van der Waals surface area contributed by atoms with Crippen LogP contribution in [-0.4, -0.2) is 27.2 Å². The van der Waals surface area contributed by atoms with Gasteiger partial charge in [0.2, 0.25) is 5.91 Å². The second-order valence-corrected chi connectivity index (χ2v) is 3.42. The molecule has 15 heavy (non-hydrogen) atoms. The number of rotatable bonds is 4. The fourth-order valence-electron chi connectivity index (χ4n) is 1.14. The van der Waals surface area contributed by atoms with Crippen molar-refractivity contribution in [3.05, 3.63) is 29.0 Å². The minimum Gasteiger partial charge on any atom is -0.390 e. The maximum absolute atomic E-state index is 10.5. The van der Waals surface area contributed by atoms with Crippen molar-refractivity contribution < 1.29 is 15.0 Å². The molecule has 2 atom stereocenters. The highest BCUT2D eigenvalue weighted by Gasteiger charge is 2.22. The van der Waals surface area contributed by atoms with E-state index in [1.807, 2.05) is 0 Å². The normalized spacial score (nSPS) is 14.6. The highest BCUT2D eigenvalue weighted by atomic mass is 35.5. The number of aliphatic hydroxyl groups is 2. The maximum atomic E-state index is 10.5. The predicted octanol–water partition coefficient (Wildman–Crippen LogP) is 0.00470. The van der Waals surface area contributed by atoms with Crippen molar-refractivity contribution in [3.8, 4) is 0 Å². The standard InChI is InChI=1S/C9H11ClN2O3/c10-9-5(2-1-3-12-9)8(15)6(13)4-7(11)14/h1-3,6,8,13,15H,4H2,(H2,11,14). The van der Waals surface area contributed by atoms with Crippen molar-refractivity contribution in [1.82, 2.24) is 4.98 Å². The lowest BCUT2D eigenvalue weighted by molar-refractivity contribution is -0.121. The van der Waals surface area contributed by atoms with E-state index < -0.39 is 18.1 Å². The van der Waals surface area contributed by atoms with Gasteiger partial charge < -0.3 is 15.9 Å². The van der Waals surface area contributed by atoms with Gasteiger partial charge in [0.25, 0.3) is 0 Å². The molecule has 6 heteroatoms. The molecule has 4 N–H and O–H groups in total. The summed E-state index contributed by atoms with van der Waals surface area (Å²) in [5.74, 6) is -0.693. The van der Waals surface area contributed by atoms with Gasteiger partial charge in [-0.15, -0.1) is 0 Å². The second kappa shape index (κ2) is 5.06. The summed E-state index contributed by atoms with van der Waals surface area (Å²) in [4.78, 5) is 14.3. The van der Waals surface area contributed by atoms with Gasteiger partial charge in [-0.25, -0.2) is 4.98 Å². The third kappa shape index (κ3) is 3.16. The monoisotopic (exact) mass is 230 g/mol. The van der Waals surface area contributed by atoms with E-state index in [0.29, 0.717) is 0 Å². The van der Waals surface area contributed by atoms with Gasteiger partial charge in [0.05, 0.1) is 12.5 Å². The third-order valence-corrected chi connectivity index (χ3v) is 2.20. The van der Waals surface area contributed by atoms with Crippen molar-refractivity contribution >= 4 is 17.5 Å². The molecule has 0 aliphatic carbocycles. The lowest BCUT2D eigenvalue weighted by Gasteiger charge is -2.17. The van der Waals surface area contributed by atoms with Crippen LogP contribution in [0.3, 0.4) is 0 Å². The van der Waals surface area contributed by atoms with Crippen molar-refractivity contribution in [1.29, 1.82) is 0 Å². The van der Waals surface area contributed by atoms with Crippen LogP contribution < -0.4 is 5.73 Å². The Balaban J connectivity index is 2.80. The van der Waals surface area contributed by atoms with Crippen LogP contribution in [-0.2, 0) is 4.79 Å². The first-order chi connectivity index (χ1) is 7.02. The van der Waals surface area contributed by atoms with E-state index in [0.717, 1.165) is 0 Å². The summed E-state index contributed by atoms with van der Waals surface area (Å²) in [6.45, 7) is 0. The van der Waals surface area contributed by atoms with E-state index >= 15 is 0 Å². The molecular weight excluding hydrogens is 220 g/mol. The van der Waals surface area contributed by atoms with E-state index in [4.69, 9.17) is 17.3 Å². The number of primary amides is 1. The van der Waals surface area contributed by atoms with Crippen LogP contribution in [0.5, 0.6) is 0 Å². The quantitative estimate of drug-likeness (QED) is 0.635. The molecule has 5 nitrogen and oxygen atoms in total. The average Bonchev–Trinajstić information content (AvgIpc) is 2.16. The summed E-state index contributed by atoms with van der Waals surface area (Å²) in [6.07, 6.45) is -1.41. The average molecular weight is 231 g/mol. The lowest BCUT2D eigenvalue weighted by Crippen LogP contribution is -2.25. The Labute approximate surface area is 91.5 Å². The van der Waals surface area contributed by atoms with Crippen LogP contribution in [0, 0.1) is 0 Å². The van der Waals surface area contributed by atoms with Gasteiger partial charge in [0.15, 0.2) is 0 Å². The Morgan fingerprint density at radius 3 is 2.80 bits per heavy atom. The first-order valence-electron chi connectivity index (χ1n) is 4.27. The van der Waals surface area contributed by atoms with Gasteiger partial charge in [-0.2, -0.15) is 0 Å². The second-order valence-electron chi connectivity index (χ2n) is 3.07. The number of amides is 1. The highest BCUT2D eigenvalue weighted by molar-refractivity contribution is 6.30. The van der Waals surface area contributed by atoms with Crippen molar-refractivity contribution in [2.45, 2.75) is 18.6 Å². The smallest absolute Gasteiger partial charge is 0.220 e. The minimum absolute atomic E-state index is 0.0912. The van der Waals surface area contributed by atoms with Crippen LogP contribution in [0.25, 0.3) is 0 Å². The number of hydrogen-bond acceptors (Lipinski definition) is 4. The molecule has 1 rings (SSSR count). The van der Waals surface area contributed by atoms with E-state index in [1.54, 1.807) is 6.07 Å². The lowest BCUT2D eigenvalue weighted by atomic mass is 10.0. The molecule has 1 aromatic rings. The van der Waals surface area contributed by atoms with Gasteiger partial charge in [-0.1, -0.05) is 17.7 Å². The van der Waals surface area contributed by atoms with Gasteiger partial charge in [-0.3, -0.25) is 4.79 Å². The molecule has 0 bridgehead atoms. The number of halogens is 1. The first kappa shape index (κ1) is 11.9. The highest BCUT2D eigenvalue weighted by Crippen LogP contribution is 2.24. The third-order valence-electron chi connectivity index (χ3n) is 1.88. The predicted molar refractivity (Wildman–Crippen MR) is 54.0 cm³/mol. The van der Waals surface area contributed by atoms with E-state index in [2.05, 4.69) is 4.98 Å². The number of aromatic nitrogens is 1. The van der Waals surface area contributed by atoms with Gasteiger partial charge in [0.1, 0.15) is 11.3 Å². The Morgan fingerprint density at radius 1 is 1.60 bits per heavy atom. The summed E-state index contributed by atoms with van der Waals surface area (Å²) >= 11 is 5.70. The molecule has 0 fully saturated rings. The maximum Gasteiger partial charge on any atom is 0.220 e.